The van der Waals surface area contributed by atoms with Crippen molar-refractivity contribution in [2.75, 3.05) is 62.7 Å². The van der Waals surface area contributed by atoms with Crippen molar-refractivity contribution >= 4 is 29.4 Å². The van der Waals surface area contributed by atoms with Crippen LogP contribution in [0.5, 0.6) is 0 Å². The van der Waals surface area contributed by atoms with Gasteiger partial charge in [0.1, 0.15) is 0 Å². The molecule has 0 amide bonds. The number of piperazine rings is 1. The van der Waals surface area contributed by atoms with E-state index in [0.29, 0.717) is 11.5 Å². The summed E-state index contributed by atoms with van der Waals surface area (Å²) in [5.74, 6) is 0. The van der Waals surface area contributed by atoms with Crippen molar-refractivity contribution in [1.82, 2.24) is 4.90 Å². The molecule has 1 aliphatic carbocycles. The van der Waals surface area contributed by atoms with Gasteiger partial charge in [-0.3, -0.25) is 4.90 Å². The van der Waals surface area contributed by atoms with E-state index < -0.39 is 0 Å². The minimum absolute atomic E-state index is 0. The van der Waals surface area contributed by atoms with E-state index >= 15 is 0 Å². The number of halogens is 1. The summed E-state index contributed by atoms with van der Waals surface area (Å²) in [6, 6.07) is 7.35. The Morgan fingerprint density at radius 2 is 1.65 bits per heavy atom. The molecule has 0 saturated carbocycles. The molecule has 0 bridgehead atoms. The molecule has 2 saturated heterocycles. The van der Waals surface area contributed by atoms with Crippen LogP contribution in [0.1, 0.15) is 77.7 Å². The van der Waals surface area contributed by atoms with Crippen LogP contribution < -0.4 is 9.80 Å². The highest BCUT2D eigenvalue weighted by Crippen LogP contribution is 2.45. The fourth-order valence-corrected chi connectivity index (χ4v) is 6.21. The number of benzene rings is 1. The highest BCUT2D eigenvalue weighted by Gasteiger charge is 2.30. The van der Waals surface area contributed by atoms with Crippen LogP contribution in [0.25, 0.3) is 5.57 Å². The lowest BCUT2D eigenvalue weighted by Crippen LogP contribution is -2.46. The van der Waals surface area contributed by atoms with Crippen LogP contribution in [0.2, 0.25) is 0 Å². The summed E-state index contributed by atoms with van der Waals surface area (Å²) in [6.07, 6.45) is 12.9. The number of ether oxygens (including phenoxy) is 1. The molecule has 4 nitrogen and oxygen atoms in total. The Morgan fingerprint density at radius 1 is 0.941 bits per heavy atom. The van der Waals surface area contributed by atoms with Crippen molar-refractivity contribution in [3.05, 3.63) is 29.8 Å². The van der Waals surface area contributed by atoms with Gasteiger partial charge in [0.15, 0.2) is 0 Å². The van der Waals surface area contributed by atoms with Gasteiger partial charge < -0.3 is 14.5 Å². The highest BCUT2D eigenvalue weighted by atomic mass is 35.5. The standard InChI is InChI=1S/C29H47N3O.ClH/c1-5-16-30-19-21-32(22-20-30)28-9-8-25(31-17-12-26(33-4)13-18-31)23-27(28)24-10-14-29(6-2,7-3)15-11-24;/h8-10,23,26H,5-7,11-22H2,1-4H3;1H. The first-order valence-corrected chi connectivity index (χ1v) is 13.7. The van der Waals surface area contributed by atoms with Crippen LogP contribution in [-0.4, -0.2) is 63.9 Å². The number of anilines is 2. The molecule has 4 rings (SSSR count). The van der Waals surface area contributed by atoms with Crippen LogP contribution in [0.3, 0.4) is 0 Å². The zero-order valence-corrected chi connectivity index (χ0v) is 23.0. The maximum atomic E-state index is 5.61. The van der Waals surface area contributed by atoms with Gasteiger partial charge in [-0.15, -0.1) is 12.4 Å². The van der Waals surface area contributed by atoms with E-state index in [1.165, 1.54) is 75.1 Å². The van der Waals surface area contributed by atoms with E-state index in [1.54, 1.807) is 5.57 Å². The second kappa shape index (κ2) is 12.6. The van der Waals surface area contributed by atoms with Crippen molar-refractivity contribution in [1.29, 1.82) is 0 Å². The molecule has 0 aromatic heterocycles. The fourth-order valence-electron chi connectivity index (χ4n) is 6.21. The normalized spacial score (nSPS) is 21.8. The summed E-state index contributed by atoms with van der Waals surface area (Å²) < 4.78 is 5.61. The quantitative estimate of drug-likeness (QED) is 0.408. The molecule has 2 heterocycles. The Labute approximate surface area is 215 Å². The van der Waals surface area contributed by atoms with Gasteiger partial charge in [-0.25, -0.2) is 0 Å². The average Bonchev–Trinajstić information content (AvgIpc) is 2.89. The first-order valence-electron chi connectivity index (χ1n) is 13.7. The molecular formula is C29H48ClN3O. The van der Waals surface area contributed by atoms with Gasteiger partial charge in [0.05, 0.1) is 6.10 Å². The molecule has 5 heteroatoms. The summed E-state index contributed by atoms with van der Waals surface area (Å²) >= 11 is 0. The topological polar surface area (TPSA) is 19.0 Å². The predicted molar refractivity (Wildman–Crippen MR) is 150 cm³/mol. The van der Waals surface area contributed by atoms with Crippen LogP contribution in [0, 0.1) is 5.41 Å². The average molecular weight is 490 g/mol. The van der Waals surface area contributed by atoms with Crippen molar-refractivity contribution < 1.29 is 4.74 Å². The van der Waals surface area contributed by atoms with E-state index in [-0.39, 0.29) is 12.4 Å². The third kappa shape index (κ3) is 6.12. The summed E-state index contributed by atoms with van der Waals surface area (Å²) in [4.78, 5) is 7.86. The zero-order valence-electron chi connectivity index (χ0n) is 22.2. The molecule has 0 atom stereocenters. The fraction of sp³-hybridized carbons (Fsp3) is 0.724. The number of hydrogen-bond donors (Lipinski definition) is 0. The third-order valence-corrected chi connectivity index (χ3v) is 8.93. The number of methoxy groups -OCH3 is 1. The van der Waals surface area contributed by atoms with Gasteiger partial charge in [0.2, 0.25) is 0 Å². The number of rotatable bonds is 8. The molecule has 3 aliphatic rings. The van der Waals surface area contributed by atoms with Crippen molar-refractivity contribution in [3.63, 3.8) is 0 Å². The molecule has 0 unspecified atom stereocenters. The van der Waals surface area contributed by atoms with Gasteiger partial charge in [0.25, 0.3) is 0 Å². The van der Waals surface area contributed by atoms with Gasteiger partial charge in [0, 0.05) is 63.3 Å². The summed E-state index contributed by atoms with van der Waals surface area (Å²) in [6.45, 7) is 15.2. The first-order chi connectivity index (χ1) is 16.1. The Bertz CT molecular complexity index is 791. The SMILES string of the molecule is CCCN1CCN(c2ccc(N3CCC(OC)CC3)cc2C2=CCC(CC)(CC)CC2)CC1.Cl. The van der Waals surface area contributed by atoms with Gasteiger partial charge in [-0.05, 0) is 74.3 Å². The smallest absolute Gasteiger partial charge is 0.0605 e. The molecule has 0 N–H and O–H groups in total. The van der Waals surface area contributed by atoms with Crippen molar-refractivity contribution in [2.45, 2.75) is 78.2 Å². The molecular weight excluding hydrogens is 442 g/mol. The van der Waals surface area contributed by atoms with Crippen LogP contribution in [0.15, 0.2) is 24.3 Å². The Hall–Kier alpha value is -1.23. The maximum absolute atomic E-state index is 5.61. The minimum Gasteiger partial charge on any atom is -0.381 e. The van der Waals surface area contributed by atoms with Gasteiger partial charge in [-0.1, -0.05) is 39.7 Å². The Morgan fingerprint density at radius 3 is 2.21 bits per heavy atom. The third-order valence-electron chi connectivity index (χ3n) is 8.93. The lowest BCUT2D eigenvalue weighted by molar-refractivity contribution is 0.0819. The monoisotopic (exact) mass is 489 g/mol. The van der Waals surface area contributed by atoms with E-state index in [2.05, 4.69) is 59.7 Å². The molecule has 2 aliphatic heterocycles. The second-order valence-electron chi connectivity index (χ2n) is 10.6. The molecule has 192 valence electrons. The molecule has 2 fully saturated rings. The summed E-state index contributed by atoms with van der Waals surface area (Å²) in [7, 11) is 1.86. The Balaban J connectivity index is 0.00000324. The predicted octanol–water partition coefficient (Wildman–Crippen LogP) is 6.63. The van der Waals surface area contributed by atoms with E-state index in [4.69, 9.17) is 4.74 Å². The number of nitrogens with zero attached hydrogens (tertiary/aromatic N) is 3. The van der Waals surface area contributed by atoms with Crippen LogP contribution in [-0.2, 0) is 4.74 Å². The van der Waals surface area contributed by atoms with Crippen molar-refractivity contribution in [2.24, 2.45) is 5.41 Å². The van der Waals surface area contributed by atoms with E-state index in [9.17, 15) is 0 Å². The van der Waals surface area contributed by atoms with E-state index in [0.717, 1.165) is 39.0 Å². The molecule has 1 aromatic rings. The van der Waals surface area contributed by atoms with Crippen LogP contribution >= 0.6 is 12.4 Å². The van der Waals surface area contributed by atoms with Crippen molar-refractivity contribution in [3.8, 4) is 0 Å². The minimum atomic E-state index is 0. The lowest BCUT2D eigenvalue weighted by atomic mass is 9.70. The number of piperidine rings is 1. The lowest BCUT2D eigenvalue weighted by Gasteiger charge is -2.39. The maximum Gasteiger partial charge on any atom is 0.0605 e. The largest absolute Gasteiger partial charge is 0.381 e. The molecule has 0 spiro atoms. The van der Waals surface area contributed by atoms with Gasteiger partial charge >= 0.3 is 0 Å². The first kappa shape index (κ1) is 27.4. The molecule has 1 aromatic carbocycles. The zero-order chi connectivity index (χ0) is 23.3. The Kier molecular flexibility index (Phi) is 10.2. The second-order valence-corrected chi connectivity index (χ2v) is 10.6. The van der Waals surface area contributed by atoms with Gasteiger partial charge in [-0.2, -0.15) is 0 Å². The summed E-state index contributed by atoms with van der Waals surface area (Å²) in [5, 5.41) is 0. The number of allylic oxidation sites excluding steroid dienone is 2. The van der Waals surface area contributed by atoms with E-state index in [1.807, 2.05) is 7.11 Å². The summed E-state index contributed by atoms with van der Waals surface area (Å²) in [5.41, 5.74) is 6.48. The molecule has 0 radical (unpaired) electrons. The highest BCUT2D eigenvalue weighted by molar-refractivity contribution is 5.85. The molecule has 34 heavy (non-hydrogen) atoms. The number of hydrogen-bond acceptors (Lipinski definition) is 4. The van der Waals surface area contributed by atoms with Crippen LogP contribution in [0.4, 0.5) is 11.4 Å².